The van der Waals surface area contributed by atoms with Crippen LogP contribution in [0.5, 0.6) is 5.75 Å². The van der Waals surface area contributed by atoms with Crippen molar-refractivity contribution in [3.05, 3.63) is 81.6 Å². The van der Waals surface area contributed by atoms with Crippen molar-refractivity contribution in [3.63, 3.8) is 0 Å². The second-order valence-corrected chi connectivity index (χ2v) is 7.70. The molecule has 1 heterocycles. The molecule has 0 radical (unpaired) electrons. The molecule has 150 valence electrons. The van der Waals surface area contributed by atoms with Crippen LogP contribution in [0.1, 0.15) is 27.3 Å². The van der Waals surface area contributed by atoms with Gasteiger partial charge >= 0.3 is 5.97 Å². The molecule has 29 heavy (non-hydrogen) atoms. The van der Waals surface area contributed by atoms with Gasteiger partial charge in [-0.1, -0.05) is 33.6 Å². The molecule has 3 rings (SSSR count). The summed E-state index contributed by atoms with van der Waals surface area (Å²) in [6.45, 7) is 5.29. The highest BCUT2D eigenvalue weighted by molar-refractivity contribution is 9.10. The zero-order valence-corrected chi connectivity index (χ0v) is 18.2. The Hall–Kier alpha value is -2.86. The molecule has 1 aromatic heterocycles. The standard InChI is InChI=1S/C23H22BrNO4/c1-15-4-8-19(9-5-15)25-16(2)12-21(17(25)3)22(26)13-29-23(27)14-28-20-10-6-18(24)7-11-20/h4-12H,13-14H2,1-3H3. The normalized spacial score (nSPS) is 10.6. The van der Waals surface area contributed by atoms with Crippen molar-refractivity contribution in [1.29, 1.82) is 0 Å². The van der Waals surface area contributed by atoms with Crippen LogP contribution in [0.15, 0.2) is 59.1 Å². The summed E-state index contributed by atoms with van der Waals surface area (Å²) in [7, 11) is 0. The summed E-state index contributed by atoms with van der Waals surface area (Å²) in [5, 5.41) is 0. The number of benzene rings is 2. The number of hydrogen-bond acceptors (Lipinski definition) is 4. The lowest BCUT2D eigenvalue weighted by atomic mass is 10.1. The second-order valence-electron chi connectivity index (χ2n) is 6.78. The maximum Gasteiger partial charge on any atom is 0.344 e. The first-order valence-corrected chi connectivity index (χ1v) is 9.97. The lowest BCUT2D eigenvalue weighted by molar-refractivity contribution is -0.144. The molecule has 0 fully saturated rings. The fourth-order valence-corrected chi connectivity index (χ4v) is 3.34. The van der Waals surface area contributed by atoms with Gasteiger partial charge in [-0.15, -0.1) is 0 Å². The maximum atomic E-state index is 12.6. The van der Waals surface area contributed by atoms with Gasteiger partial charge in [-0.25, -0.2) is 4.79 Å². The van der Waals surface area contributed by atoms with Gasteiger partial charge in [0.1, 0.15) is 5.75 Å². The molecular formula is C23H22BrNO4. The molecule has 0 amide bonds. The van der Waals surface area contributed by atoms with Crippen LogP contribution >= 0.6 is 15.9 Å². The minimum atomic E-state index is -0.589. The number of aromatic nitrogens is 1. The first-order chi connectivity index (χ1) is 13.8. The maximum absolute atomic E-state index is 12.6. The molecule has 0 saturated heterocycles. The van der Waals surface area contributed by atoms with E-state index >= 15 is 0 Å². The van der Waals surface area contributed by atoms with E-state index < -0.39 is 5.97 Å². The number of carbonyl (C=O) groups is 2. The Morgan fingerprint density at radius 2 is 1.59 bits per heavy atom. The fourth-order valence-electron chi connectivity index (χ4n) is 3.07. The number of Topliss-reactive ketones (excluding diaryl/α,β-unsaturated/α-hetero) is 1. The number of aryl methyl sites for hydroxylation is 2. The molecule has 0 unspecified atom stereocenters. The van der Waals surface area contributed by atoms with E-state index in [0.29, 0.717) is 11.3 Å². The van der Waals surface area contributed by atoms with Crippen molar-refractivity contribution in [2.45, 2.75) is 20.8 Å². The Labute approximate surface area is 178 Å². The van der Waals surface area contributed by atoms with Crippen LogP contribution in [-0.2, 0) is 9.53 Å². The lowest BCUT2D eigenvalue weighted by Gasteiger charge is -2.10. The van der Waals surface area contributed by atoms with Crippen molar-refractivity contribution < 1.29 is 19.1 Å². The summed E-state index contributed by atoms with van der Waals surface area (Å²) < 4.78 is 13.4. The third-order valence-electron chi connectivity index (χ3n) is 4.56. The minimum absolute atomic E-state index is 0.242. The quantitative estimate of drug-likeness (QED) is 0.372. The van der Waals surface area contributed by atoms with Gasteiger partial charge in [0.05, 0.1) is 0 Å². The molecular weight excluding hydrogens is 434 g/mol. The van der Waals surface area contributed by atoms with E-state index in [4.69, 9.17) is 9.47 Å². The van der Waals surface area contributed by atoms with E-state index in [1.165, 1.54) is 5.56 Å². The van der Waals surface area contributed by atoms with Crippen LogP contribution in [0, 0.1) is 20.8 Å². The van der Waals surface area contributed by atoms with E-state index in [-0.39, 0.29) is 19.0 Å². The molecule has 0 atom stereocenters. The molecule has 0 aliphatic heterocycles. The summed E-state index contributed by atoms with van der Waals surface area (Å²) >= 11 is 3.33. The number of hydrogen-bond donors (Lipinski definition) is 0. The van der Waals surface area contributed by atoms with Crippen molar-refractivity contribution in [2.24, 2.45) is 0 Å². The summed E-state index contributed by atoms with van der Waals surface area (Å²) in [5.41, 5.74) is 4.47. The number of carbonyl (C=O) groups excluding carboxylic acids is 2. The van der Waals surface area contributed by atoms with E-state index in [9.17, 15) is 9.59 Å². The van der Waals surface area contributed by atoms with E-state index in [0.717, 1.165) is 21.5 Å². The predicted molar refractivity (Wildman–Crippen MR) is 115 cm³/mol. The number of ketones is 1. The molecule has 3 aromatic rings. The van der Waals surface area contributed by atoms with Gasteiger partial charge < -0.3 is 14.0 Å². The third kappa shape index (κ3) is 5.15. The average Bonchev–Trinajstić information content (AvgIpc) is 3.00. The Bertz CT molecular complexity index is 1020. The number of esters is 1. The van der Waals surface area contributed by atoms with Crippen LogP contribution in [0.2, 0.25) is 0 Å². The van der Waals surface area contributed by atoms with Gasteiger partial charge in [0.2, 0.25) is 5.78 Å². The van der Waals surface area contributed by atoms with Crippen LogP contribution in [0.3, 0.4) is 0 Å². The molecule has 0 aliphatic rings. The average molecular weight is 456 g/mol. The molecule has 0 bridgehead atoms. The highest BCUT2D eigenvalue weighted by atomic mass is 79.9. The number of rotatable bonds is 7. The van der Waals surface area contributed by atoms with E-state index in [1.54, 1.807) is 12.1 Å². The molecule has 0 aliphatic carbocycles. The predicted octanol–water partition coefficient (Wildman–Crippen LogP) is 4.97. The molecule has 0 N–H and O–H groups in total. The van der Waals surface area contributed by atoms with E-state index in [1.807, 2.05) is 67.8 Å². The van der Waals surface area contributed by atoms with E-state index in [2.05, 4.69) is 15.9 Å². The van der Waals surface area contributed by atoms with Crippen molar-refractivity contribution in [2.75, 3.05) is 13.2 Å². The molecule has 6 heteroatoms. The van der Waals surface area contributed by atoms with Gasteiger partial charge in [0, 0.05) is 27.1 Å². The van der Waals surface area contributed by atoms with Crippen molar-refractivity contribution in [3.8, 4) is 11.4 Å². The molecule has 2 aromatic carbocycles. The monoisotopic (exact) mass is 455 g/mol. The number of halogens is 1. The van der Waals surface area contributed by atoms with Gasteiger partial charge in [-0.2, -0.15) is 0 Å². The Morgan fingerprint density at radius 3 is 2.24 bits per heavy atom. The van der Waals surface area contributed by atoms with Crippen molar-refractivity contribution in [1.82, 2.24) is 4.57 Å². The first kappa shape index (κ1) is 20.9. The third-order valence-corrected chi connectivity index (χ3v) is 5.09. The Kier molecular flexibility index (Phi) is 6.54. The minimum Gasteiger partial charge on any atom is -0.482 e. The van der Waals surface area contributed by atoms with Crippen molar-refractivity contribution >= 4 is 27.7 Å². The first-order valence-electron chi connectivity index (χ1n) is 9.18. The Balaban J connectivity index is 1.60. The van der Waals surface area contributed by atoms with Gasteiger partial charge in [0.15, 0.2) is 13.2 Å². The second kappa shape index (κ2) is 9.09. The molecule has 0 saturated carbocycles. The fraction of sp³-hybridized carbons (Fsp3) is 0.217. The molecule has 5 nitrogen and oxygen atoms in total. The summed E-state index contributed by atoms with van der Waals surface area (Å²) in [6.07, 6.45) is 0. The smallest absolute Gasteiger partial charge is 0.344 e. The zero-order valence-electron chi connectivity index (χ0n) is 16.6. The SMILES string of the molecule is Cc1ccc(-n2c(C)cc(C(=O)COC(=O)COc3ccc(Br)cc3)c2C)cc1. The topological polar surface area (TPSA) is 57.5 Å². The summed E-state index contributed by atoms with van der Waals surface area (Å²) in [4.78, 5) is 24.5. The largest absolute Gasteiger partial charge is 0.482 e. The number of nitrogens with zero attached hydrogens (tertiary/aromatic N) is 1. The highest BCUT2D eigenvalue weighted by Gasteiger charge is 2.18. The zero-order chi connectivity index (χ0) is 21.0. The van der Waals surface area contributed by atoms with Crippen LogP contribution < -0.4 is 4.74 Å². The summed E-state index contributed by atoms with van der Waals surface area (Å²) in [5.74, 6) is -0.278. The lowest BCUT2D eigenvalue weighted by Crippen LogP contribution is -2.19. The number of ether oxygens (including phenoxy) is 2. The Morgan fingerprint density at radius 1 is 0.931 bits per heavy atom. The van der Waals surface area contributed by atoms with Crippen LogP contribution in [0.25, 0.3) is 5.69 Å². The van der Waals surface area contributed by atoms with Gasteiger partial charge in [-0.05, 0) is 63.2 Å². The van der Waals surface area contributed by atoms with Crippen LogP contribution in [0.4, 0.5) is 0 Å². The van der Waals surface area contributed by atoms with Gasteiger partial charge in [0.25, 0.3) is 0 Å². The van der Waals surface area contributed by atoms with Crippen LogP contribution in [-0.4, -0.2) is 29.5 Å². The summed E-state index contributed by atoms with van der Waals surface area (Å²) in [6, 6.07) is 17.0. The van der Waals surface area contributed by atoms with Gasteiger partial charge in [-0.3, -0.25) is 4.79 Å². The molecule has 0 spiro atoms. The highest BCUT2D eigenvalue weighted by Crippen LogP contribution is 2.22.